The topological polar surface area (TPSA) is 52.7 Å². The van der Waals surface area contributed by atoms with Crippen LogP contribution in [0.25, 0.3) is 12.2 Å². The summed E-state index contributed by atoms with van der Waals surface area (Å²) in [7, 11) is 3.87. The van der Waals surface area contributed by atoms with Gasteiger partial charge in [0.15, 0.2) is 5.78 Å². The maximum atomic E-state index is 13.0. The van der Waals surface area contributed by atoms with E-state index in [1.807, 2.05) is 63.3 Å². The third kappa shape index (κ3) is 3.11. The summed E-state index contributed by atoms with van der Waals surface area (Å²) in [5.74, 6) is 0.163. The van der Waals surface area contributed by atoms with Crippen molar-refractivity contribution in [1.82, 2.24) is 19.6 Å². The van der Waals surface area contributed by atoms with E-state index in [0.717, 1.165) is 64.3 Å². The Morgan fingerprint density at radius 1 is 0.800 bits per heavy atom. The lowest BCUT2D eigenvalue weighted by Crippen LogP contribution is -2.12. The molecule has 1 aliphatic carbocycles. The van der Waals surface area contributed by atoms with Crippen LogP contribution in [0.15, 0.2) is 11.1 Å². The van der Waals surface area contributed by atoms with Crippen LogP contribution in [0.2, 0.25) is 0 Å². The predicted octanol–water partition coefficient (Wildman–Crippen LogP) is 3.61. The van der Waals surface area contributed by atoms with Gasteiger partial charge in [-0.3, -0.25) is 14.2 Å². The number of aryl methyl sites for hydroxylation is 4. The molecule has 1 saturated carbocycles. The molecular weight excluding hydrogens is 312 g/mol. The fraction of sp³-hybridized carbons (Fsp3) is 0.450. The standard InChI is InChI=1S/C20H26N4O/c1-12-18(14(3)23(5)21-12)10-16-8-7-9-17(20(16)25)11-19-13(2)22-24(6)15(19)4/h10-11H,7-9H2,1-6H3/b16-10+,17-11+. The first-order valence-corrected chi connectivity index (χ1v) is 8.75. The Balaban J connectivity index is 1.99. The number of ketones is 1. The number of hydrogen-bond donors (Lipinski definition) is 0. The number of nitrogens with zero attached hydrogens (tertiary/aromatic N) is 4. The lowest BCUT2D eigenvalue weighted by Gasteiger charge is -2.16. The maximum Gasteiger partial charge on any atom is 0.185 e. The highest BCUT2D eigenvalue weighted by Gasteiger charge is 2.22. The molecule has 5 heteroatoms. The second-order valence-corrected chi connectivity index (χ2v) is 6.94. The largest absolute Gasteiger partial charge is 0.289 e. The summed E-state index contributed by atoms with van der Waals surface area (Å²) >= 11 is 0. The van der Waals surface area contributed by atoms with Crippen LogP contribution < -0.4 is 0 Å². The fourth-order valence-electron chi connectivity index (χ4n) is 3.52. The van der Waals surface area contributed by atoms with E-state index in [1.54, 1.807) is 0 Å². The Morgan fingerprint density at radius 2 is 1.20 bits per heavy atom. The molecule has 0 aromatic carbocycles. The Morgan fingerprint density at radius 3 is 1.52 bits per heavy atom. The van der Waals surface area contributed by atoms with Crippen LogP contribution in [-0.2, 0) is 18.9 Å². The predicted molar refractivity (Wildman–Crippen MR) is 100 cm³/mol. The maximum absolute atomic E-state index is 13.0. The average molecular weight is 338 g/mol. The van der Waals surface area contributed by atoms with Crippen LogP contribution >= 0.6 is 0 Å². The molecule has 0 saturated heterocycles. The SMILES string of the molecule is Cc1nn(C)c(C)c1/C=C1\CCC/C(=C\c2c(C)nn(C)c2C)C1=O. The normalized spacial score (nSPS) is 18.6. The smallest absolute Gasteiger partial charge is 0.185 e. The van der Waals surface area contributed by atoms with E-state index in [4.69, 9.17) is 0 Å². The molecule has 1 fully saturated rings. The van der Waals surface area contributed by atoms with Crippen molar-refractivity contribution in [1.29, 1.82) is 0 Å². The number of hydrogen-bond acceptors (Lipinski definition) is 3. The number of carbonyl (C=O) groups is 1. The Labute approximate surface area is 149 Å². The molecule has 2 heterocycles. The minimum atomic E-state index is 0.163. The molecule has 2 aromatic heterocycles. The van der Waals surface area contributed by atoms with Crippen molar-refractivity contribution in [2.75, 3.05) is 0 Å². The molecule has 0 amide bonds. The zero-order valence-corrected chi connectivity index (χ0v) is 16.0. The van der Waals surface area contributed by atoms with Gasteiger partial charge in [0.05, 0.1) is 11.4 Å². The number of carbonyl (C=O) groups excluding carboxylic acids is 1. The van der Waals surface area contributed by atoms with Crippen LogP contribution in [0.5, 0.6) is 0 Å². The zero-order valence-electron chi connectivity index (χ0n) is 16.0. The first kappa shape index (κ1) is 17.4. The molecule has 0 radical (unpaired) electrons. The second kappa shape index (κ2) is 6.47. The molecule has 0 bridgehead atoms. The van der Waals surface area contributed by atoms with Crippen LogP contribution in [0.3, 0.4) is 0 Å². The number of aromatic nitrogens is 4. The summed E-state index contributed by atoms with van der Waals surface area (Å²) in [5, 5.41) is 8.90. The van der Waals surface area contributed by atoms with Gasteiger partial charge in [0, 0.05) is 47.8 Å². The van der Waals surface area contributed by atoms with Crippen LogP contribution in [0.1, 0.15) is 53.2 Å². The van der Waals surface area contributed by atoms with Crippen molar-refractivity contribution < 1.29 is 4.79 Å². The fourth-order valence-corrected chi connectivity index (χ4v) is 3.52. The van der Waals surface area contributed by atoms with Crippen molar-refractivity contribution in [3.63, 3.8) is 0 Å². The molecule has 0 spiro atoms. The molecular formula is C20H26N4O. The Kier molecular flexibility index (Phi) is 4.50. The summed E-state index contributed by atoms with van der Waals surface area (Å²) in [6.45, 7) is 8.06. The lowest BCUT2D eigenvalue weighted by molar-refractivity contribution is -0.112. The van der Waals surface area contributed by atoms with E-state index in [2.05, 4.69) is 10.2 Å². The summed E-state index contributed by atoms with van der Waals surface area (Å²) in [6, 6.07) is 0. The van der Waals surface area contributed by atoms with E-state index >= 15 is 0 Å². The summed E-state index contributed by atoms with van der Waals surface area (Å²) in [6.07, 6.45) is 6.73. The van der Waals surface area contributed by atoms with Gasteiger partial charge in [0.2, 0.25) is 0 Å². The van der Waals surface area contributed by atoms with Gasteiger partial charge in [0.25, 0.3) is 0 Å². The molecule has 132 valence electrons. The molecule has 0 N–H and O–H groups in total. The van der Waals surface area contributed by atoms with E-state index in [1.165, 1.54) is 0 Å². The summed E-state index contributed by atoms with van der Waals surface area (Å²) < 4.78 is 3.74. The van der Waals surface area contributed by atoms with E-state index in [9.17, 15) is 4.79 Å². The van der Waals surface area contributed by atoms with Crippen LogP contribution in [-0.4, -0.2) is 25.3 Å². The van der Waals surface area contributed by atoms with Gasteiger partial charge < -0.3 is 0 Å². The second-order valence-electron chi connectivity index (χ2n) is 6.94. The molecule has 2 aromatic rings. The number of allylic oxidation sites excluding steroid dienone is 2. The van der Waals surface area contributed by atoms with Gasteiger partial charge >= 0.3 is 0 Å². The highest BCUT2D eigenvalue weighted by atomic mass is 16.1. The molecule has 0 aliphatic heterocycles. The molecule has 5 nitrogen and oxygen atoms in total. The minimum absolute atomic E-state index is 0.163. The van der Waals surface area contributed by atoms with Crippen LogP contribution in [0, 0.1) is 27.7 Å². The summed E-state index contributed by atoms with van der Waals surface area (Å²) in [5.41, 5.74) is 8.03. The van der Waals surface area contributed by atoms with Crippen molar-refractivity contribution in [2.24, 2.45) is 14.1 Å². The lowest BCUT2D eigenvalue weighted by atomic mass is 9.86. The molecule has 1 aliphatic rings. The highest BCUT2D eigenvalue weighted by Crippen LogP contribution is 2.30. The quantitative estimate of drug-likeness (QED) is 0.786. The zero-order chi connectivity index (χ0) is 18.3. The van der Waals surface area contributed by atoms with Gasteiger partial charge in [-0.25, -0.2) is 0 Å². The molecule has 25 heavy (non-hydrogen) atoms. The van der Waals surface area contributed by atoms with Crippen molar-refractivity contribution >= 4 is 17.9 Å². The molecule has 3 rings (SSSR count). The first-order chi connectivity index (χ1) is 11.8. The van der Waals surface area contributed by atoms with Crippen molar-refractivity contribution in [3.05, 3.63) is 45.0 Å². The Hall–Kier alpha value is -2.43. The van der Waals surface area contributed by atoms with Gasteiger partial charge in [-0.1, -0.05) is 0 Å². The van der Waals surface area contributed by atoms with Gasteiger partial charge in [0.1, 0.15) is 0 Å². The molecule has 0 atom stereocenters. The van der Waals surface area contributed by atoms with Crippen molar-refractivity contribution in [3.8, 4) is 0 Å². The van der Waals surface area contributed by atoms with Gasteiger partial charge in [-0.2, -0.15) is 10.2 Å². The van der Waals surface area contributed by atoms with E-state index in [0.29, 0.717) is 0 Å². The number of rotatable bonds is 2. The third-order valence-electron chi connectivity index (χ3n) is 5.24. The summed E-state index contributed by atoms with van der Waals surface area (Å²) in [4.78, 5) is 13.0. The van der Waals surface area contributed by atoms with Crippen molar-refractivity contribution in [2.45, 2.75) is 47.0 Å². The first-order valence-electron chi connectivity index (χ1n) is 8.75. The average Bonchev–Trinajstić information content (AvgIpc) is 2.94. The third-order valence-corrected chi connectivity index (χ3v) is 5.24. The highest BCUT2D eigenvalue weighted by molar-refractivity contribution is 6.14. The van der Waals surface area contributed by atoms with Gasteiger partial charge in [-0.15, -0.1) is 0 Å². The molecule has 0 unspecified atom stereocenters. The monoisotopic (exact) mass is 338 g/mol. The minimum Gasteiger partial charge on any atom is -0.289 e. The number of Topliss-reactive ketones (excluding diaryl/α,β-unsaturated/α-hetero) is 1. The van der Waals surface area contributed by atoms with Crippen LogP contribution in [0.4, 0.5) is 0 Å². The van der Waals surface area contributed by atoms with E-state index < -0.39 is 0 Å². The van der Waals surface area contributed by atoms with Gasteiger partial charge in [-0.05, 0) is 59.1 Å². The Bertz CT molecular complexity index is 837. The van der Waals surface area contributed by atoms with E-state index in [-0.39, 0.29) is 5.78 Å².